The van der Waals surface area contributed by atoms with Crippen LogP contribution in [0, 0.1) is 12.8 Å². The van der Waals surface area contributed by atoms with E-state index in [1.807, 2.05) is 24.0 Å². The zero-order valence-corrected chi connectivity index (χ0v) is 13.6. The highest BCUT2D eigenvalue weighted by molar-refractivity contribution is 5.97. The molecule has 5 heteroatoms. The van der Waals surface area contributed by atoms with E-state index in [1.54, 1.807) is 13.1 Å². The van der Waals surface area contributed by atoms with Gasteiger partial charge < -0.3 is 15.5 Å². The van der Waals surface area contributed by atoms with Crippen molar-refractivity contribution in [1.29, 1.82) is 0 Å². The summed E-state index contributed by atoms with van der Waals surface area (Å²) in [7, 11) is 1.73. The van der Waals surface area contributed by atoms with Crippen LogP contribution in [-0.2, 0) is 4.79 Å². The number of hydrogen-bond acceptors (Lipinski definition) is 3. The Balaban J connectivity index is 2.08. The highest BCUT2D eigenvalue weighted by Crippen LogP contribution is 2.21. The number of benzene rings is 1. The highest BCUT2D eigenvalue weighted by Gasteiger charge is 2.22. The first-order valence-corrected chi connectivity index (χ1v) is 7.85. The number of nitrogens with zero attached hydrogens (tertiary/aromatic N) is 1. The Hall–Kier alpha value is -1.88. The van der Waals surface area contributed by atoms with E-state index in [0.717, 1.165) is 30.8 Å². The molecule has 0 aromatic heterocycles. The lowest BCUT2D eigenvalue weighted by molar-refractivity contribution is -0.115. The Bertz CT molecular complexity index is 557. The van der Waals surface area contributed by atoms with Gasteiger partial charge in [-0.1, -0.05) is 6.92 Å². The van der Waals surface area contributed by atoms with E-state index in [9.17, 15) is 9.59 Å². The fourth-order valence-electron chi connectivity index (χ4n) is 2.85. The van der Waals surface area contributed by atoms with Gasteiger partial charge in [0, 0.05) is 24.3 Å². The summed E-state index contributed by atoms with van der Waals surface area (Å²) in [6.07, 6.45) is 2.27. The minimum atomic E-state index is -0.0884. The number of aryl methyl sites for hydroxylation is 1. The predicted octanol–water partition coefficient (Wildman–Crippen LogP) is 2.03. The molecule has 1 saturated heterocycles. The average Bonchev–Trinajstić information content (AvgIpc) is 2.49. The van der Waals surface area contributed by atoms with Gasteiger partial charge in [0.05, 0.1) is 6.54 Å². The van der Waals surface area contributed by atoms with E-state index in [2.05, 4.69) is 17.6 Å². The van der Waals surface area contributed by atoms with Crippen LogP contribution in [0.15, 0.2) is 18.2 Å². The number of likely N-dealkylation sites (tertiary alicyclic amines) is 1. The molecule has 0 radical (unpaired) electrons. The molecule has 1 aromatic rings. The summed E-state index contributed by atoms with van der Waals surface area (Å²) in [5.41, 5.74) is 2.35. The van der Waals surface area contributed by atoms with Gasteiger partial charge in [-0.15, -0.1) is 0 Å². The molecule has 1 atom stereocenters. The van der Waals surface area contributed by atoms with E-state index >= 15 is 0 Å². The molecule has 0 saturated carbocycles. The minimum absolute atomic E-state index is 0.0859. The largest absolute Gasteiger partial charge is 0.338 e. The number of hydrogen-bond donors (Lipinski definition) is 2. The van der Waals surface area contributed by atoms with Crippen LogP contribution in [0.2, 0.25) is 0 Å². The van der Waals surface area contributed by atoms with Crippen molar-refractivity contribution in [2.45, 2.75) is 26.7 Å². The maximum absolute atomic E-state index is 12.6. The normalized spacial score (nSPS) is 18.1. The van der Waals surface area contributed by atoms with Gasteiger partial charge in [0.25, 0.3) is 5.91 Å². The van der Waals surface area contributed by atoms with Crippen molar-refractivity contribution < 1.29 is 9.59 Å². The zero-order chi connectivity index (χ0) is 16.1. The number of amides is 2. The van der Waals surface area contributed by atoms with E-state index in [-0.39, 0.29) is 18.4 Å². The van der Waals surface area contributed by atoms with Crippen molar-refractivity contribution in [3.63, 3.8) is 0 Å². The Morgan fingerprint density at radius 3 is 2.77 bits per heavy atom. The minimum Gasteiger partial charge on any atom is -0.338 e. The number of anilines is 1. The van der Waals surface area contributed by atoms with Crippen LogP contribution < -0.4 is 10.6 Å². The quantitative estimate of drug-likeness (QED) is 0.894. The summed E-state index contributed by atoms with van der Waals surface area (Å²) >= 11 is 0. The summed E-state index contributed by atoms with van der Waals surface area (Å²) < 4.78 is 0. The summed E-state index contributed by atoms with van der Waals surface area (Å²) in [5.74, 6) is 0.566. The van der Waals surface area contributed by atoms with Gasteiger partial charge in [0.15, 0.2) is 0 Å². The van der Waals surface area contributed by atoms with Crippen molar-refractivity contribution in [2.24, 2.45) is 5.92 Å². The summed E-state index contributed by atoms with van der Waals surface area (Å²) in [5, 5.41) is 5.65. The molecule has 2 N–H and O–H groups in total. The van der Waals surface area contributed by atoms with Crippen molar-refractivity contribution in [1.82, 2.24) is 10.2 Å². The molecule has 1 fully saturated rings. The molecule has 0 aliphatic carbocycles. The van der Waals surface area contributed by atoms with E-state index < -0.39 is 0 Å². The number of likely N-dealkylation sites (N-methyl/N-ethyl adjacent to an activating group) is 1. The average molecular weight is 303 g/mol. The molecular weight excluding hydrogens is 278 g/mol. The molecule has 120 valence electrons. The van der Waals surface area contributed by atoms with Gasteiger partial charge in [0.1, 0.15) is 0 Å². The second-order valence-corrected chi connectivity index (χ2v) is 6.11. The van der Waals surface area contributed by atoms with Gasteiger partial charge in [0.2, 0.25) is 5.91 Å². The van der Waals surface area contributed by atoms with E-state index in [0.29, 0.717) is 11.5 Å². The van der Waals surface area contributed by atoms with Crippen molar-refractivity contribution >= 4 is 17.5 Å². The smallest absolute Gasteiger partial charge is 0.253 e. The van der Waals surface area contributed by atoms with Crippen LogP contribution in [-0.4, -0.2) is 43.4 Å². The summed E-state index contributed by atoms with van der Waals surface area (Å²) in [6, 6.07) is 5.46. The number of carbonyl (C=O) groups is 2. The van der Waals surface area contributed by atoms with Gasteiger partial charge in [-0.2, -0.15) is 0 Å². The molecule has 1 aliphatic heterocycles. The van der Waals surface area contributed by atoms with Crippen LogP contribution >= 0.6 is 0 Å². The second-order valence-electron chi connectivity index (χ2n) is 6.11. The number of carbonyl (C=O) groups excluding carboxylic acids is 2. The molecule has 1 heterocycles. The Kier molecular flexibility index (Phi) is 5.55. The highest BCUT2D eigenvalue weighted by atomic mass is 16.2. The van der Waals surface area contributed by atoms with Crippen molar-refractivity contribution in [3.8, 4) is 0 Å². The maximum atomic E-state index is 12.6. The molecular formula is C17H25N3O2. The fraction of sp³-hybridized carbons (Fsp3) is 0.529. The van der Waals surface area contributed by atoms with Crippen LogP contribution in [0.1, 0.15) is 35.7 Å². The first-order valence-electron chi connectivity index (χ1n) is 7.85. The lowest BCUT2D eigenvalue weighted by Crippen LogP contribution is -2.39. The van der Waals surface area contributed by atoms with Gasteiger partial charge >= 0.3 is 0 Å². The van der Waals surface area contributed by atoms with E-state index in [4.69, 9.17) is 0 Å². The Morgan fingerprint density at radius 1 is 1.36 bits per heavy atom. The molecule has 2 rings (SSSR count). The molecule has 0 spiro atoms. The second kappa shape index (κ2) is 7.40. The Labute approximate surface area is 132 Å². The Morgan fingerprint density at radius 2 is 2.14 bits per heavy atom. The topological polar surface area (TPSA) is 61.4 Å². The lowest BCUT2D eigenvalue weighted by atomic mass is 9.99. The molecule has 22 heavy (non-hydrogen) atoms. The predicted molar refractivity (Wildman–Crippen MR) is 88.0 cm³/mol. The molecule has 2 amide bonds. The molecule has 1 aliphatic rings. The molecule has 0 bridgehead atoms. The van der Waals surface area contributed by atoms with E-state index in [1.165, 1.54) is 6.42 Å². The van der Waals surface area contributed by atoms with Crippen molar-refractivity contribution in [2.75, 3.05) is 32.0 Å². The molecule has 1 unspecified atom stereocenters. The third-order valence-corrected chi connectivity index (χ3v) is 4.03. The SMILES string of the molecule is CNCC(=O)Nc1ccc(C(=O)N2CCCC(C)C2)cc1C. The fourth-order valence-corrected chi connectivity index (χ4v) is 2.85. The van der Waals surface area contributed by atoms with Crippen LogP contribution in [0.25, 0.3) is 0 Å². The third-order valence-electron chi connectivity index (χ3n) is 4.03. The van der Waals surface area contributed by atoms with Gasteiger partial charge in [-0.05, 0) is 56.5 Å². The van der Waals surface area contributed by atoms with Gasteiger partial charge in [-0.25, -0.2) is 0 Å². The number of nitrogens with one attached hydrogen (secondary N) is 2. The monoisotopic (exact) mass is 303 g/mol. The molecule has 5 nitrogen and oxygen atoms in total. The summed E-state index contributed by atoms with van der Waals surface area (Å²) in [4.78, 5) is 26.1. The number of rotatable bonds is 4. The third kappa shape index (κ3) is 4.07. The van der Waals surface area contributed by atoms with Gasteiger partial charge in [-0.3, -0.25) is 9.59 Å². The first kappa shape index (κ1) is 16.5. The maximum Gasteiger partial charge on any atom is 0.253 e. The molecule has 1 aromatic carbocycles. The lowest BCUT2D eigenvalue weighted by Gasteiger charge is -2.31. The summed E-state index contributed by atoms with van der Waals surface area (Å²) in [6.45, 7) is 6.03. The van der Waals surface area contributed by atoms with Crippen LogP contribution in [0.5, 0.6) is 0 Å². The zero-order valence-electron chi connectivity index (χ0n) is 13.6. The van der Waals surface area contributed by atoms with Crippen LogP contribution in [0.4, 0.5) is 5.69 Å². The van der Waals surface area contributed by atoms with Crippen LogP contribution in [0.3, 0.4) is 0 Å². The van der Waals surface area contributed by atoms with Crippen molar-refractivity contribution in [3.05, 3.63) is 29.3 Å². The standard InChI is InChI=1S/C17H25N3O2/c1-12-5-4-8-20(11-12)17(22)14-6-7-15(13(2)9-14)19-16(21)10-18-3/h6-7,9,12,18H,4-5,8,10-11H2,1-3H3,(H,19,21). The number of piperidine rings is 1. The first-order chi connectivity index (χ1) is 10.5.